The SMILES string of the molecule is CC(CC(C)(C)C)CC(CC(C)CC(C)(C)C)(C(=O)[O-])C(C(=O)[O-])S(=O)(=O)O.[Na+].[Na+]. The van der Waals surface area contributed by atoms with Gasteiger partial charge in [0.15, 0.2) is 0 Å². The second kappa shape index (κ2) is 12.9. The summed E-state index contributed by atoms with van der Waals surface area (Å²) < 4.78 is 33.4. The van der Waals surface area contributed by atoms with E-state index in [1.165, 1.54) is 0 Å². The van der Waals surface area contributed by atoms with Crippen LogP contribution in [-0.4, -0.2) is 30.2 Å². The number of carboxylic acid groups (broad SMARTS) is 2. The van der Waals surface area contributed by atoms with Gasteiger partial charge in [0.1, 0.15) is 5.25 Å². The monoisotopic (exact) mass is 466 g/mol. The fourth-order valence-electron chi connectivity index (χ4n) is 4.68. The number of rotatable bonds is 10. The number of hydrogen-bond acceptors (Lipinski definition) is 6. The van der Waals surface area contributed by atoms with E-state index in [0.29, 0.717) is 12.8 Å². The van der Waals surface area contributed by atoms with Gasteiger partial charge in [0.05, 0.1) is 5.97 Å². The van der Waals surface area contributed by atoms with Crippen molar-refractivity contribution in [2.75, 3.05) is 0 Å². The summed E-state index contributed by atoms with van der Waals surface area (Å²) >= 11 is 0. The zero-order chi connectivity index (χ0) is 22.7. The molecule has 0 rings (SSSR count). The Kier molecular flexibility index (Phi) is 15.3. The van der Waals surface area contributed by atoms with Crippen LogP contribution < -0.4 is 69.3 Å². The molecular weight excluding hydrogens is 430 g/mol. The maximum absolute atomic E-state index is 12.2. The molecule has 0 aliphatic rings. The molecule has 0 bridgehead atoms. The zero-order valence-corrected chi connectivity index (χ0v) is 25.2. The second-order valence-corrected chi connectivity index (χ2v) is 12.3. The molecule has 0 aromatic carbocycles. The van der Waals surface area contributed by atoms with E-state index in [0.717, 1.165) is 0 Å². The van der Waals surface area contributed by atoms with Crippen LogP contribution in [0, 0.1) is 28.1 Å². The van der Waals surface area contributed by atoms with E-state index in [1.807, 2.05) is 41.5 Å². The molecular formula is C20H36Na2O7S. The van der Waals surface area contributed by atoms with Crippen LogP contribution in [0.4, 0.5) is 0 Å². The molecule has 0 spiro atoms. The van der Waals surface area contributed by atoms with Crippen LogP contribution in [0.1, 0.15) is 81.1 Å². The van der Waals surface area contributed by atoms with Crippen molar-refractivity contribution in [1.29, 1.82) is 0 Å². The van der Waals surface area contributed by atoms with Gasteiger partial charge in [-0.05, 0) is 48.3 Å². The van der Waals surface area contributed by atoms with E-state index in [1.54, 1.807) is 13.8 Å². The first kappa shape index (κ1) is 35.4. The fraction of sp³-hybridized carbons (Fsp3) is 0.900. The molecule has 0 heterocycles. The third kappa shape index (κ3) is 12.2. The average molecular weight is 467 g/mol. The minimum Gasteiger partial charge on any atom is -0.549 e. The molecule has 3 atom stereocenters. The minimum atomic E-state index is -5.23. The molecule has 30 heavy (non-hydrogen) atoms. The van der Waals surface area contributed by atoms with Crippen LogP contribution in [0.25, 0.3) is 0 Å². The van der Waals surface area contributed by atoms with Gasteiger partial charge in [-0.25, -0.2) is 0 Å². The van der Waals surface area contributed by atoms with E-state index in [2.05, 4.69) is 0 Å². The smallest absolute Gasteiger partial charge is 0.549 e. The fourth-order valence-corrected chi connectivity index (χ4v) is 5.78. The Morgan fingerprint density at radius 1 is 0.800 bits per heavy atom. The van der Waals surface area contributed by atoms with Gasteiger partial charge in [0.25, 0.3) is 10.1 Å². The van der Waals surface area contributed by atoms with Gasteiger partial charge < -0.3 is 19.8 Å². The summed E-state index contributed by atoms with van der Waals surface area (Å²) in [4.78, 5) is 23.9. The van der Waals surface area contributed by atoms with E-state index in [4.69, 9.17) is 0 Å². The molecule has 0 radical (unpaired) electrons. The Morgan fingerprint density at radius 2 is 1.10 bits per heavy atom. The van der Waals surface area contributed by atoms with Crippen molar-refractivity contribution in [3.05, 3.63) is 0 Å². The van der Waals surface area contributed by atoms with Crippen LogP contribution in [0.15, 0.2) is 0 Å². The maximum Gasteiger partial charge on any atom is 1.00 e. The molecule has 0 saturated heterocycles. The standard InChI is InChI=1S/C20H38O7S.2Na/c1-13(9-18(3,4)5)11-20(17(23)24,12-14(2)10-19(6,7)8)15(16(21)22)28(25,26)27;;/h13-15H,9-12H2,1-8H3,(H,21,22)(H,23,24)(H,25,26,27);;/q;2*+1/p-2. The topological polar surface area (TPSA) is 135 Å². The summed E-state index contributed by atoms with van der Waals surface area (Å²) in [5, 5.41) is 21.3. The van der Waals surface area contributed by atoms with E-state index in [9.17, 15) is 32.8 Å². The first-order chi connectivity index (χ1) is 12.2. The summed E-state index contributed by atoms with van der Waals surface area (Å²) in [6.07, 6.45) is 0.584. The quantitative estimate of drug-likeness (QED) is 0.254. The van der Waals surface area contributed by atoms with Gasteiger partial charge in [-0.15, -0.1) is 0 Å². The predicted molar refractivity (Wildman–Crippen MR) is 103 cm³/mol. The Balaban J connectivity index is -0.00000364. The van der Waals surface area contributed by atoms with E-state index >= 15 is 0 Å². The summed E-state index contributed by atoms with van der Waals surface area (Å²) in [5.41, 5.74) is -2.64. The van der Waals surface area contributed by atoms with Crippen LogP contribution >= 0.6 is 0 Å². The molecule has 0 fully saturated rings. The van der Waals surface area contributed by atoms with Crippen molar-refractivity contribution < 1.29 is 91.9 Å². The third-order valence-electron chi connectivity index (χ3n) is 4.77. The third-order valence-corrected chi connectivity index (χ3v) is 6.01. The van der Waals surface area contributed by atoms with E-state index < -0.39 is 32.7 Å². The molecule has 1 N–H and O–H groups in total. The first-order valence-corrected chi connectivity index (χ1v) is 11.1. The molecule has 0 amide bonds. The van der Waals surface area contributed by atoms with Crippen molar-refractivity contribution in [2.45, 2.75) is 86.3 Å². The molecule has 166 valence electrons. The van der Waals surface area contributed by atoms with Crippen molar-refractivity contribution in [3.8, 4) is 0 Å². The van der Waals surface area contributed by atoms with Gasteiger partial charge in [0, 0.05) is 11.4 Å². The maximum atomic E-state index is 12.2. The summed E-state index contributed by atoms with van der Waals surface area (Å²) in [6.45, 7) is 15.2. The molecule has 7 nitrogen and oxygen atoms in total. The summed E-state index contributed by atoms with van der Waals surface area (Å²) in [5.74, 6) is -4.55. The number of carbonyl (C=O) groups excluding carboxylic acids is 2. The van der Waals surface area contributed by atoms with Crippen molar-refractivity contribution in [2.24, 2.45) is 28.1 Å². The first-order valence-electron chi connectivity index (χ1n) is 9.60. The van der Waals surface area contributed by atoms with Crippen molar-refractivity contribution in [1.82, 2.24) is 0 Å². The average Bonchev–Trinajstić information content (AvgIpc) is 2.29. The minimum absolute atomic E-state index is 0. The zero-order valence-electron chi connectivity index (χ0n) is 20.4. The van der Waals surface area contributed by atoms with Gasteiger partial charge in [0.2, 0.25) is 0 Å². The molecule has 0 aromatic heterocycles. The number of aliphatic carboxylic acids is 2. The molecule has 0 saturated carbocycles. The molecule has 3 unspecified atom stereocenters. The Bertz CT molecular complexity index is 640. The number of carbonyl (C=O) groups is 2. The number of hydrogen-bond donors (Lipinski definition) is 1. The van der Waals surface area contributed by atoms with E-state index in [-0.39, 0.29) is 94.6 Å². The number of carboxylic acids is 2. The van der Waals surface area contributed by atoms with Gasteiger partial charge in [-0.1, -0.05) is 55.4 Å². The second-order valence-electron chi connectivity index (χ2n) is 10.8. The van der Waals surface area contributed by atoms with Crippen LogP contribution in [0.3, 0.4) is 0 Å². The molecule has 0 aliphatic carbocycles. The van der Waals surface area contributed by atoms with Crippen LogP contribution in [-0.2, 0) is 19.7 Å². The normalized spacial score (nSPS) is 17.5. The Morgan fingerprint density at radius 3 is 1.27 bits per heavy atom. The van der Waals surface area contributed by atoms with Gasteiger partial charge in [-0.2, -0.15) is 8.42 Å². The Labute approximate surface area is 226 Å². The van der Waals surface area contributed by atoms with Crippen LogP contribution in [0.2, 0.25) is 0 Å². The summed E-state index contributed by atoms with van der Waals surface area (Å²) in [6, 6.07) is 0. The van der Waals surface area contributed by atoms with Crippen LogP contribution in [0.5, 0.6) is 0 Å². The van der Waals surface area contributed by atoms with Gasteiger partial charge in [-0.3, -0.25) is 4.55 Å². The molecule has 0 aliphatic heterocycles. The van der Waals surface area contributed by atoms with Crippen molar-refractivity contribution in [3.63, 3.8) is 0 Å². The predicted octanol–water partition coefficient (Wildman–Crippen LogP) is -4.34. The largest absolute Gasteiger partial charge is 1.00 e. The van der Waals surface area contributed by atoms with Crippen molar-refractivity contribution >= 4 is 22.1 Å². The molecule has 0 aromatic rings. The van der Waals surface area contributed by atoms with Gasteiger partial charge >= 0.3 is 59.1 Å². The summed E-state index contributed by atoms with van der Waals surface area (Å²) in [7, 11) is -5.23. The molecule has 10 heteroatoms. The Hall–Kier alpha value is 0.850.